The number of ether oxygens (including phenoxy) is 1. The van der Waals surface area contributed by atoms with Crippen molar-refractivity contribution in [3.8, 4) is 0 Å². The summed E-state index contributed by atoms with van der Waals surface area (Å²) in [5, 5.41) is 0. The molecule has 0 aliphatic carbocycles. The summed E-state index contributed by atoms with van der Waals surface area (Å²) in [4.78, 5) is 12.5. The standard InChI is InChI=1S/C15H15NO2S/c1-18-15(17)13-9-5-6-10-14(13)19-16-11-12-7-3-2-4-8-12/h2-10,16H,11H2,1H3. The van der Waals surface area contributed by atoms with Gasteiger partial charge in [0.25, 0.3) is 0 Å². The van der Waals surface area contributed by atoms with E-state index < -0.39 is 0 Å². The predicted octanol–water partition coefficient (Wildman–Crippen LogP) is 3.27. The molecule has 19 heavy (non-hydrogen) atoms. The molecule has 0 atom stereocenters. The molecule has 98 valence electrons. The van der Waals surface area contributed by atoms with Crippen LogP contribution < -0.4 is 4.72 Å². The van der Waals surface area contributed by atoms with Crippen LogP contribution in [0.25, 0.3) is 0 Å². The van der Waals surface area contributed by atoms with E-state index in [-0.39, 0.29) is 5.97 Å². The maximum atomic E-state index is 11.6. The first-order valence-electron chi connectivity index (χ1n) is 5.92. The van der Waals surface area contributed by atoms with Crippen molar-refractivity contribution in [1.29, 1.82) is 0 Å². The van der Waals surface area contributed by atoms with Gasteiger partial charge in [-0.3, -0.25) is 4.72 Å². The zero-order chi connectivity index (χ0) is 13.5. The summed E-state index contributed by atoms with van der Waals surface area (Å²) in [7, 11) is 1.39. The molecule has 0 heterocycles. The fourth-order valence-electron chi connectivity index (χ4n) is 1.63. The number of methoxy groups -OCH3 is 1. The highest BCUT2D eigenvalue weighted by atomic mass is 32.2. The molecule has 0 amide bonds. The van der Waals surface area contributed by atoms with Crippen LogP contribution in [0.2, 0.25) is 0 Å². The van der Waals surface area contributed by atoms with E-state index in [9.17, 15) is 4.79 Å². The van der Waals surface area contributed by atoms with Crippen LogP contribution >= 0.6 is 11.9 Å². The van der Waals surface area contributed by atoms with Crippen LogP contribution in [-0.2, 0) is 11.3 Å². The molecule has 2 aromatic rings. The van der Waals surface area contributed by atoms with Crippen molar-refractivity contribution >= 4 is 17.9 Å². The van der Waals surface area contributed by atoms with Gasteiger partial charge in [0.2, 0.25) is 0 Å². The van der Waals surface area contributed by atoms with Crippen LogP contribution in [0.4, 0.5) is 0 Å². The highest BCUT2D eigenvalue weighted by Gasteiger charge is 2.10. The SMILES string of the molecule is COC(=O)c1ccccc1SNCc1ccccc1. The van der Waals surface area contributed by atoms with Gasteiger partial charge in [-0.2, -0.15) is 0 Å². The van der Waals surface area contributed by atoms with Crippen molar-refractivity contribution in [2.45, 2.75) is 11.4 Å². The molecular formula is C15H15NO2S. The van der Waals surface area contributed by atoms with Gasteiger partial charge in [-0.05, 0) is 29.6 Å². The molecule has 3 nitrogen and oxygen atoms in total. The molecule has 0 saturated carbocycles. The highest BCUT2D eigenvalue weighted by molar-refractivity contribution is 7.97. The molecule has 2 aromatic carbocycles. The first kappa shape index (κ1) is 13.6. The monoisotopic (exact) mass is 273 g/mol. The van der Waals surface area contributed by atoms with E-state index in [1.165, 1.54) is 24.6 Å². The fourth-order valence-corrected chi connectivity index (χ4v) is 2.43. The summed E-state index contributed by atoms with van der Waals surface area (Å²) in [6.07, 6.45) is 0. The van der Waals surface area contributed by atoms with Crippen molar-refractivity contribution < 1.29 is 9.53 Å². The molecule has 0 unspecified atom stereocenters. The van der Waals surface area contributed by atoms with E-state index >= 15 is 0 Å². The number of nitrogens with one attached hydrogen (secondary N) is 1. The minimum Gasteiger partial charge on any atom is -0.465 e. The zero-order valence-corrected chi connectivity index (χ0v) is 11.4. The zero-order valence-electron chi connectivity index (χ0n) is 10.6. The summed E-state index contributed by atoms with van der Waals surface area (Å²) in [6, 6.07) is 17.5. The quantitative estimate of drug-likeness (QED) is 0.670. The molecule has 0 aliphatic heterocycles. The van der Waals surface area contributed by atoms with Gasteiger partial charge < -0.3 is 4.74 Å². The Balaban J connectivity index is 1.98. The van der Waals surface area contributed by atoms with Crippen LogP contribution in [-0.4, -0.2) is 13.1 Å². The first-order chi connectivity index (χ1) is 9.31. The van der Waals surface area contributed by atoms with Gasteiger partial charge >= 0.3 is 5.97 Å². The van der Waals surface area contributed by atoms with Gasteiger partial charge in [-0.1, -0.05) is 42.5 Å². The smallest absolute Gasteiger partial charge is 0.339 e. The maximum Gasteiger partial charge on any atom is 0.339 e. The summed E-state index contributed by atoms with van der Waals surface area (Å²) in [6.45, 7) is 0.737. The largest absolute Gasteiger partial charge is 0.465 e. The van der Waals surface area contributed by atoms with Crippen molar-refractivity contribution in [3.05, 3.63) is 65.7 Å². The minimum absolute atomic E-state index is 0.315. The lowest BCUT2D eigenvalue weighted by Crippen LogP contribution is -2.07. The van der Waals surface area contributed by atoms with Crippen LogP contribution in [0, 0.1) is 0 Å². The third-order valence-electron chi connectivity index (χ3n) is 2.59. The highest BCUT2D eigenvalue weighted by Crippen LogP contribution is 2.21. The molecular weight excluding hydrogens is 258 g/mol. The lowest BCUT2D eigenvalue weighted by molar-refractivity contribution is 0.0597. The second kappa shape index (κ2) is 6.97. The van der Waals surface area contributed by atoms with Crippen molar-refractivity contribution in [2.24, 2.45) is 0 Å². The number of hydrogen-bond donors (Lipinski definition) is 1. The van der Waals surface area contributed by atoms with E-state index in [0.29, 0.717) is 5.56 Å². The van der Waals surface area contributed by atoms with E-state index in [1.807, 2.05) is 36.4 Å². The molecule has 4 heteroatoms. The Hall–Kier alpha value is -1.78. The normalized spacial score (nSPS) is 10.2. The predicted molar refractivity (Wildman–Crippen MR) is 76.9 cm³/mol. The van der Waals surface area contributed by atoms with E-state index in [0.717, 1.165) is 11.4 Å². The summed E-state index contributed by atoms with van der Waals surface area (Å²) >= 11 is 1.43. The molecule has 0 spiro atoms. The average molecular weight is 273 g/mol. The summed E-state index contributed by atoms with van der Waals surface area (Å²) in [5.41, 5.74) is 1.78. The van der Waals surface area contributed by atoms with E-state index in [4.69, 9.17) is 4.74 Å². The van der Waals surface area contributed by atoms with Gasteiger partial charge in [-0.25, -0.2) is 4.79 Å². The lowest BCUT2D eigenvalue weighted by atomic mass is 10.2. The van der Waals surface area contributed by atoms with Crippen LogP contribution in [0.15, 0.2) is 59.5 Å². The first-order valence-corrected chi connectivity index (χ1v) is 6.74. The second-order valence-electron chi connectivity index (χ2n) is 3.90. The maximum absolute atomic E-state index is 11.6. The molecule has 1 N–H and O–H groups in total. The Kier molecular flexibility index (Phi) is 5.01. The van der Waals surface area contributed by atoms with E-state index in [2.05, 4.69) is 16.9 Å². The number of carbonyl (C=O) groups is 1. The molecule has 0 saturated heterocycles. The van der Waals surface area contributed by atoms with Gasteiger partial charge in [-0.15, -0.1) is 0 Å². The van der Waals surface area contributed by atoms with Gasteiger partial charge in [0.1, 0.15) is 0 Å². The molecule has 0 bridgehead atoms. The van der Waals surface area contributed by atoms with Gasteiger partial charge in [0, 0.05) is 11.4 Å². The molecule has 0 aliphatic rings. The molecule has 0 radical (unpaired) electrons. The Morgan fingerprint density at radius 2 is 1.79 bits per heavy atom. The summed E-state index contributed by atoms with van der Waals surface area (Å²) < 4.78 is 8.01. The van der Waals surface area contributed by atoms with Crippen LogP contribution in [0.3, 0.4) is 0 Å². The Morgan fingerprint density at radius 3 is 2.53 bits per heavy atom. The Bertz CT molecular complexity index is 543. The van der Waals surface area contributed by atoms with Crippen LogP contribution in [0.1, 0.15) is 15.9 Å². The average Bonchev–Trinajstić information content (AvgIpc) is 2.48. The van der Waals surface area contributed by atoms with Crippen molar-refractivity contribution in [3.63, 3.8) is 0 Å². The fraction of sp³-hybridized carbons (Fsp3) is 0.133. The minimum atomic E-state index is -0.315. The number of benzene rings is 2. The van der Waals surface area contributed by atoms with E-state index in [1.54, 1.807) is 6.07 Å². The van der Waals surface area contributed by atoms with Gasteiger partial charge in [0.05, 0.1) is 12.7 Å². The topological polar surface area (TPSA) is 38.3 Å². The number of hydrogen-bond acceptors (Lipinski definition) is 4. The summed E-state index contributed by atoms with van der Waals surface area (Å²) in [5.74, 6) is -0.315. The molecule has 2 rings (SSSR count). The third-order valence-corrected chi connectivity index (χ3v) is 3.46. The number of esters is 1. The second-order valence-corrected chi connectivity index (χ2v) is 4.83. The Labute approximate surface area is 117 Å². The van der Waals surface area contributed by atoms with Crippen molar-refractivity contribution in [2.75, 3.05) is 7.11 Å². The number of carbonyl (C=O) groups excluding carboxylic acids is 1. The van der Waals surface area contributed by atoms with Crippen LogP contribution in [0.5, 0.6) is 0 Å². The Morgan fingerprint density at radius 1 is 1.11 bits per heavy atom. The van der Waals surface area contributed by atoms with Crippen molar-refractivity contribution in [1.82, 2.24) is 4.72 Å². The lowest BCUT2D eigenvalue weighted by Gasteiger charge is -2.08. The number of rotatable bonds is 5. The molecule has 0 fully saturated rings. The van der Waals surface area contributed by atoms with Gasteiger partial charge in [0.15, 0.2) is 0 Å². The molecule has 0 aromatic heterocycles. The third kappa shape index (κ3) is 3.84.